The van der Waals surface area contributed by atoms with E-state index >= 15 is 0 Å². The van der Waals surface area contributed by atoms with E-state index in [4.69, 9.17) is 114 Å². The van der Waals surface area contributed by atoms with Crippen LogP contribution in [0.1, 0.15) is 18.1 Å². The Hall–Kier alpha value is -6.85. The average molecular weight is 863 g/mol. The van der Waals surface area contributed by atoms with Gasteiger partial charge in [-0.1, -0.05) is 143 Å². The summed E-state index contributed by atoms with van der Waals surface area (Å²) in [6, 6.07) is 20.6. The quantitative estimate of drug-likeness (QED) is 0.188. The van der Waals surface area contributed by atoms with Crippen molar-refractivity contribution in [2.75, 3.05) is 0 Å². The van der Waals surface area contributed by atoms with E-state index in [0.29, 0.717) is 0 Å². The normalized spacial score (nSPS) is 15.4. The third-order valence-corrected chi connectivity index (χ3v) is 14.1. The lowest BCUT2D eigenvalue weighted by atomic mass is 9.60. The summed E-state index contributed by atoms with van der Waals surface area (Å²) >= 11 is 0. The highest BCUT2D eigenvalue weighted by Gasteiger charge is 2.52. The van der Waals surface area contributed by atoms with Crippen molar-refractivity contribution in [1.29, 1.82) is 0 Å². The van der Waals surface area contributed by atoms with Crippen LogP contribution < -0.4 is 65.6 Å². The minimum atomic E-state index is -0.831. The van der Waals surface area contributed by atoms with Gasteiger partial charge < -0.3 is 4.42 Å². The monoisotopic (exact) mass is 864 g/mol. The van der Waals surface area contributed by atoms with Gasteiger partial charge in [0.25, 0.3) is 0 Å². The molecule has 11 rings (SSSR count). The molecule has 0 aliphatic heterocycles. The van der Waals surface area contributed by atoms with Crippen LogP contribution in [0.25, 0.3) is 83.6 Å². The standard InChI is InChI=1S/C53H24B12N4O/c1-5-13-26-21(7-3)20(6-2)25(8-4)53(26)27-16-11-9-15-24(27)30-28(53)19-18-23-22-14-10-12-17-29(22)69(47(23)30)52-67-50(66-51(68-52)34-37(56)41(60)43(62)42(61)38(34)57)33-35(54)31-32-36(55)40(59)44(63)46(65)49(32)70-48(31)45(64)39(33)58/h5-19H,2-4H2,1H3/b13-5-. The molecule has 3 aromatic heterocycles. The maximum Gasteiger partial charge on any atom is 0.238 e. The van der Waals surface area contributed by atoms with Gasteiger partial charge in [-0.05, 0) is 52.0 Å². The van der Waals surface area contributed by atoms with Gasteiger partial charge in [-0.2, -0.15) is 9.97 Å². The second kappa shape index (κ2) is 16.1. The van der Waals surface area contributed by atoms with E-state index in [0.717, 1.165) is 66.4 Å². The van der Waals surface area contributed by atoms with Crippen molar-refractivity contribution in [1.82, 2.24) is 19.5 Å². The molecule has 9 aromatic rings. The summed E-state index contributed by atoms with van der Waals surface area (Å²) < 4.78 is 8.19. The Morgan fingerprint density at radius 2 is 1.03 bits per heavy atom. The fraction of sp³-hybridized carbons (Fsp3) is 0.0377. The largest absolute Gasteiger partial charge is 0.457 e. The summed E-state index contributed by atoms with van der Waals surface area (Å²) in [6.45, 7) is 14.9. The third-order valence-electron chi connectivity index (χ3n) is 14.1. The van der Waals surface area contributed by atoms with Gasteiger partial charge in [0.05, 0.1) is 16.4 Å². The van der Waals surface area contributed by atoms with E-state index in [2.05, 4.69) is 50.1 Å². The van der Waals surface area contributed by atoms with Crippen LogP contribution in [0.3, 0.4) is 0 Å². The predicted octanol–water partition coefficient (Wildman–Crippen LogP) is -1.26. The van der Waals surface area contributed by atoms with E-state index < -0.39 is 5.41 Å². The second-order valence-electron chi connectivity index (χ2n) is 17.3. The number of fused-ring (bicyclic) bond motifs is 12. The number of rotatable bonds is 7. The molecular weight excluding hydrogens is 838 g/mol. The van der Waals surface area contributed by atoms with Gasteiger partial charge in [0.2, 0.25) is 5.95 Å². The predicted molar refractivity (Wildman–Crippen MR) is 303 cm³/mol. The van der Waals surface area contributed by atoms with Crippen molar-refractivity contribution in [3.63, 3.8) is 0 Å². The Morgan fingerprint density at radius 3 is 1.67 bits per heavy atom. The van der Waals surface area contributed by atoms with Crippen LogP contribution in [-0.2, 0) is 5.41 Å². The molecule has 17 heteroatoms. The number of nitrogens with zero attached hydrogens (tertiary/aromatic N) is 4. The summed E-state index contributed by atoms with van der Waals surface area (Å²) in [7, 11) is 79.6. The fourth-order valence-corrected chi connectivity index (χ4v) is 10.9. The number of furan rings is 1. The Balaban J connectivity index is 1.33. The van der Waals surface area contributed by atoms with E-state index in [9.17, 15) is 0 Å². The Bertz CT molecular complexity index is 4040. The number of aromatic nitrogens is 4. The van der Waals surface area contributed by atoms with Crippen LogP contribution in [0, 0.1) is 0 Å². The molecule has 24 radical (unpaired) electrons. The molecule has 70 heavy (non-hydrogen) atoms. The zero-order valence-corrected chi connectivity index (χ0v) is 37.9. The smallest absolute Gasteiger partial charge is 0.238 e. The van der Waals surface area contributed by atoms with Crippen LogP contribution in [0.2, 0.25) is 0 Å². The SMILES string of the molecule is [B]c1c([B])c([B])c(-c2nc(-c3c([B])c([B])c4oc5c([B])c([B])c([B])c([B])c5c4c3[B])nc(-n3c4ccccc4c4ccc5c(c43)-c3ccccc3C53C(C=C)=C(C=C)C(C=C)=C3/C=C\C)n2)c([B])c1[B]. The van der Waals surface area contributed by atoms with Gasteiger partial charge in [-0.15, -0.1) is 27.3 Å². The first-order chi connectivity index (χ1) is 33.6. The summed E-state index contributed by atoms with van der Waals surface area (Å²) in [5.41, 5.74) is 8.90. The molecule has 0 fully saturated rings. The molecule has 2 aliphatic rings. The lowest BCUT2D eigenvalue weighted by Gasteiger charge is -2.32. The first kappa shape index (κ1) is 45.6. The lowest BCUT2D eigenvalue weighted by molar-refractivity contribution is 0.675. The Morgan fingerprint density at radius 1 is 0.500 bits per heavy atom. The molecule has 1 unspecified atom stereocenters. The maximum atomic E-state index is 7.19. The second-order valence-corrected chi connectivity index (χ2v) is 17.3. The maximum absolute atomic E-state index is 7.19. The van der Waals surface area contributed by atoms with Gasteiger partial charge in [0.15, 0.2) is 11.6 Å². The Kier molecular flexibility index (Phi) is 10.5. The zero-order valence-electron chi connectivity index (χ0n) is 37.9. The molecule has 1 spiro atoms. The van der Waals surface area contributed by atoms with Gasteiger partial charge in [-0.3, -0.25) is 4.57 Å². The topological polar surface area (TPSA) is 56.7 Å². The van der Waals surface area contributed by atoms with Crippen molar-refractivity contribution in [3.8, 4) is 39.9 Å². The van der Waals surface area contributed by atoms with Crippen LogP contribution in [-0.4, -0.2) is 114 Å². The van der Waals surface area contributed by atoms with Crippen LogP contribution in [0.4, 0.5) is 0 Å². The zero-order chi connectivity index (χ0) is 49.6. The summed E-state index contributed by atoms with van der Waals surface area (Å²) in [6.07, 6.45) is 9.83. The number of hydrogen-bond acceptors (Lipinski definition) is 4. The van der Waals surface area contributed by atoms with E-state index in [1.165, 1.54) is 0 Å². The van der Waals surface area contributed by atoms with Crippen molar-refractivity contribution >= 4 is 203 Å². The van der Waals surface area contributed by atoms with E-state index in [1.807, 2.05) is 72.2 Å². The van der Waals surface area contributed by atoms with Crippen LogP contribution >= 0.6 is 0 Å². The van der Waals surface area contributed by atoms with Crippen LogP contribution in [0.15, 0.2) is 137 Å². The first-order valence-electron chi connectivity index (χ1n) is 22.0. The van der Waals surface area contributed by atoms with Gasteiger partial charge in [-0.25, -0.2) is 4.98 Å². The van der Waals surface area contributed by atoms with Gasteiger partial charge >= 0.3 is 0 Å². The fourth-order valence-electron chi connectivity index (χ4n) is 10.9. The molecule has 2 aliphatic carbocycles. The van der Waals surface area contributed by atoms with Crippen molar-refractivity contribution in [3.05, 3.63) is 144 Å². The summed E-state index contributed by atoms with van der Waals surface area (Å²) in [5, 5.41) is 2.31. The molecule has 0 saturated carbocycles. The molecule has 0 saturated heterocycles. The van der Waals surface area contributed by atoms with Gasteiger partial charge in [0.1, 0.15) is 105 Å². The minimum absolute atomic E-state index is 0.000421. The molecule has 0 amide bonds. The van der Waals surface area contributed by atoms with Crippen LogP contribution in [0.5, 0.6) is 0 Å². The number of hydrogen-bond donors (Lipinski definition) is 0. The molecule has 0 N–H and O–H groups in total. The molecule has 5 nitrogen and oxygen atoms in total. The molecule has 298 valence electrons. The summed E-state index contributed by atoms with van der Waals surface area (Å²) in [5.74, 6) is 0.0133. The third kappa shape index (κ3) is 5.69. The molecule has 6 aromatic carbocycles. The van der Waals surface area contributed by atoms with E-state index in [-0.39, 0.29) is 116 Å². The average Bonchev–Trinajstić information content (AvgIpc) is 4.09. The molecule has 0 bridgehead atoms. The van der Waals surface area contributed by atoms with Gasteiger partial charge in [0, 0.05) is 38.2 Å². The number of para-hydroxylation sites is 1. The highest BCUT2D eigenvalue weighted by molar-refractivity contribution is 6.70. The van der Waals surface area contributed by atoms with Crippen molar-refractivity contribution in [2.24, 2.45) is 0 Å². The molecule has 3 heterocycles. The molecule has 1 atom stereocenters. The highest BCUT2D eigenvalue weighted by atomic mass is 16.3. The van der Waals surface area contributed by atoms with E-state index in [1.54, 1.807) is 0 Å². The number of benzene rings is 6. The minimum Gasteiger partial charge on any atom is -0.457 e. The van der Waals surface area contributed by atoms with Crippen molar-refractivity contribution < 1.29 is 4.42 Å². The lowest BCUT2D eigenvalue weighted by Crippen LogP contribution is -2.55. The van der Waals surface area contributed by atoms with Crippen molar-refractivity contribution in [2.45, 2.75) is 12.3 Å². The number of allylic oxidation sites excluding steroid dienone is 9. The molecular formula is C53H24B12N4O. The summed E-state index contributed by atoms with van der Waals surface area (Å²) in [4.78, 5) is 15.4. The Labute approximate surface area is 421 Å². The first-order valence-corrected chi connectivity index (χ1v) is 22.0. The highest BCUT2D eigenvalue weighted by Crippen LogP contribution is 2.63.